The lowest BCUT2D eigenvalue weighted by Gasteiger charge is -2.39. The van der Waals surface area contributed by atoms with Crippen molar-refractivity contribution >= 4 is 12.6 Å². The summed E-state index contributed by atoms with van der Waals surface area (Å²) in [6.07, 6.45) is 0. The number of ether oxygens (including phenoxy) is 1. The lowest BCUT2D eigenvalue weighted by Crippen LogP contribution is -2.51. The number of hydrogen-bond acceptors (Lipinski definition) is 3. The maximum Gasteiger partial charge on any atom is 0.151 e. The Morgan fingerprint density at radius 1 is 1.43 bits per heavy atom. The van der Waals surface area contributed by atoms with Crippen molar-refractivity contribution in [2.45, 2.75) is 17.9 Å². The molecule has 14 heavy (non-hydrogen) atoms. The fraction of sp³-hybridized carbons (Fsp3) is 0.455. The van der Waals surface area contributed by atoms with Gasteiger partial charge in [0, 0.05) is 12.6 Å². The number of hydrogen-bond donors (Lipinski definition) is 2. The molecule has 2 rings (SSSR count). The monoisotopic (exact) mass is 209 g/mol. The third-order valence-corrected chi connectivity index (χ3v) is 3.42. The van der Waals surface area contributed by atoms with Gasteiger partial charge < -0.3 is 10.1 Å². The molecule has 1 aromatic carbocycles. The number of morpholine rings is 1. The van der Waals surface area contributed by atoms with Crippen LogP contribution in [0.1, 0.15) is 12.5 Å². The molecule has 1 aliphatic rings. The summed E-state index contributed by atoms with van der Waals surface area (Å²) in [7, 11) is 0. The Morgan fingerprint density at radius 2 is 2.14 bits per heavy atom. The summed E-state index contributed by atoms with van der Waals surface area (Å²) < 4.78 is 5.77. The number of nitrogens with one attached hydrogen (secondary N) is 1. The molecule has 1 aromatic rings. The minimum absolute atomic E-state index is 0.224. The van der Waals surface area contributed by atoms with Crippen molar-refractivity contribution in [2.75, 3.05) is 13.2 Å². The van der Waals surface area contributed by atoms with Gasteiger partial charge in [0.15, 0.2) is 4.93 Å². The third kappa shape index (κ3) is 1.67. The molecular formula is C11H15NOS. The van der Waals surface area contributed by atoms with E-state index in [-0.39, 0.29) is 6.04 Å². The van der Waals surface area contributed by atoms with Crippen LogP contribution in [0.3, 0.4) is 0 Å². The zero-order valence-corrected chi connectivity index (χ0v) is 9.13. The van der Waals surface area contributed by atoms with Crippen LogP contribution in [0.4, 0.5) is 0 Å². The first-order chi connectivity index (χ1) is 6.73. The third-order valence-electron chi connectivity index (χ3n) is 2.65. The van der Waals surface area contributed by atoms with Crippen molar-refractivity contribution in [1.82, 2.24) is 5.32 Å². The molecule has 1 heterocycles. The summed E-state index contributed by atoms with van der Waals surface area (Å²) in [6, 6.07) is 10.4. The predicted molar refractivity (Wildman–Crippen MR) is 60.5 cm³/mol. The average molecular weight is 209 g/mol. The Balaban J connectivity index is 2.30. The zero-order chi connectivity index (χ0) is 10.0. The van der Waals surface area contributed by atoms with E-state index < -0.39 is 4.93 Å². The highest BCUT2D eigenvalue weighted by Gasteiger charge is 2.37. The summed E-state index contributed by atoms with van der Waals surface area (Å²) in [5.74, 6) is 0. The van der Waals surface area contributed by atoms with Crippen LogP contribution in [-0.2, 0) is 9.67 Å². The molecule has 1 aliphatic heterocycles. The highest BCUT2D eigenvalue weighted by atomic mass is 32.1. The highest BCUT2D eigenvalue weighted by molar-refractivity contribution is 7.81. The normalized spacial score (nSPS) is 32.9. The minimum atomic E-state index is -0.487. The van der Waals surface area contributed by atoms with Crippen molar-refractivity contribution < 1.29 is 4.74 Å². The number of benzene rings is 1. The molecule has 1 saturated heterocycles. The molecule has 0 aromatic heterocycles. The molecule has 0 saturated carbocycles. The van der Waals surface area contributed by atoms with Gasteiger partial charge in [-0.05, 0) is 12.5 Å². The second-order valence-electron chi connectivity index (χ2n) is 3.59. The topological polar surface area (TPSA) is 21.3 Å². The standard InChI is InChI=1S/C11H15NOS/c1-9-11(14,13-8-7-12-9)10-5-3-2-4-6-10/h2-6,9,12,14H,7-8H2,1H3. The minimum Gasteiger partial charge on any atom is -0.357 e. The van der Waals surface area contributed by atoms with Gasteiger partial charge in [-0.25, -0.2) is 0 Å². The van der Waals surface area contributed by atoms with E-state index >= 15 is 0 Å². The molecule has 76 valence electrons. The summed E-state index contributed by atoms with van der Waals surface area (Å²) in [5.41, 5.74) is 1.11. The SMILES string of the molecule is CC1NCCOC1(S)c1ccccc1. The Bertz CT molecular complexity index is 303. The van der Waals surface area contributed by atoms with Crippen molar-refractivity contribution in [2.24, 2.45) is 0 Å². The molecule has 2 atom stereocenters. The maximum atomic E-state index is 5.77. The number of thiol groups is 1. The van der Waals surface area contributed by atoms with Crippen LogP contribution in [0, 0.1) is 0 Å². The first-order valence-electron chi connectivity index (χ1n) is 4.89. The van der Waals surface area contributed by atoms with Gasteiger partial charge in [-0.3, -0.25) is 0 Å². The molecular weight excluding hydrogens is 194 g/mol. The second kappa shape index (κ2) is 3.93. The predicted octanol–water partition coefficient (Wildman–Crippen LogP) is 1.78. The largest absolute Gasteiger partial charge is 0.357 e. The average Bonchev–Trinajstić information content (AvgIpc) is 2.24. The van der Waals surface area contributed by atoms with Crippen LogP contribution in [0.2, 0.25) is 0 Å². The Kier molecular flexibility index (Phi) is 2.81. The van der Waals surface area contributed by atoms with E-state index in [0.717, 1.165) is 12.1 Å². The van der Waals surface area contributed by atoms with Gasteiger partial charge in [0.25, 0.3) is 0 Å². The molecule has 0 bridgehead atoms. The van der Waals surface area contributed by atoms with Crippen LogP contribution >= 0.6 is 12.6 Å². The molecule has 1 N–H and O–H groups in total. The first kappa shape index (κ1) is 10.0. The Labute approximate surface area is 90.1 Å². The van der Waals surface area contributed by atoms with E-state index in [4.69, 9.17) is 4.74 Å². The summed E-state index contributed by atoms with van der Waals surface area (Å²) in [6.45, 7) is 3.71. The van der Waals surface area contributed by atoms with Crippen molar-refractivity contribution in [1.29, 1.82) is 0 Å². The van der Waals surface area contributed by atoms with E-state index in [0.29, 0.717) is 6.61 Å². The fourth-order valence-corrected chi connectivity index (χ4v) is 2.09. The smallest absolute Gasteiger partial charge is 0.151 e. The molecule has 3 heteroatoms. The molecule has 1 fully saturated rings. The van der Waals surface area contributed by atoms with Crippen molar-refractivity contribution in [3.05, 3.63) is 35.9 Å². The molecule has 2 unspecified atom stereocenters. The van der Waals surface area contributed by atoms with Gasteiger partial charge >= 0.3 is 0 Å². The Hall–Kier alpha value is -0.510. The summed E-state index contributed by atoms with van der Waals surface area (Å²) >= 11 is 4.65. The molecule has 0 spiro atoms. The van der Waals surface area contributed by atoms with E-state index in [2.05, 4.69) is 37.0 Å². The molecule has 0 aliphatic carbocycles. The van der Waals surface area contributed by atoms with E-state index in [1.165, 1.54) is 0 Å². The van der Waals surface area contributed by atoms with E-state index in [1.54, 1.807) is 0 Å². The van der Waals surface area contributed by atoms with Crippen LogP contribution in [0.5, 0.6) is 0 Å². The van der Waals surface area contributed by atoms with Gasteiger partial charge in [-0.15, -0.1) is 12.6 Å². The van der Waals surface area contributed by atoms with E-state index in [1.807, 2.05) is 18.2 Å². The summed E-state index contributed by atoms with van der Waals surface area (Å²) in [4.78, 5) is -0.487. The Morgan fingerprint density at radius 3 is 2.79 bits per heavy atom. The van der Waals surface area contributed by atoms with Gasteiger partial charge in [-0.1, -0.05) is 30.3 Å². The maximum absolute atomic E-state index is 5.77. The van der Waals surface area contributed by atoms with Gasteiger partial charge in [0.2, 0.25) is 0 Å². The van der Waals surface area contributed by atoms with Gasteiger partial charge in [-0.2, -0.15) is 0 Å². The second-order valence-corrected chi connectivity index (χ2v) is 4.25. The zero-order valence-electron chi connectivity index (χ0n) is 8.23. The van der Waals surface area contributed by atoms with Crippen LogP contribution < -0.4 is 5.32 Å². The molecule has 2 nitrogen and oxygen atoms in total. The molecule has 0 radical (unpaired) electrons. The first-order valence-corrected chi connectivity index (χ1v) is 5.33. The van der Waals surface area contributed by atoms with Crippen molar-refractivity contribution in [3.8, 4) is 0 Å². The fourth-order valence-electron chi connectivity index (χ4n) is 1.76. The van der Waals surface area contributed by atoms with Crippen LogP contribution in [0.25, 0.3) is 0 Å². The highest BCUT2D eigenvalue weighted by Crippen LogP contribution is 2.35. The summed E-state index contributed by atoms with van der Waals surface area (Å²) in [5, 5.41) is 3.37. The van der Waals surface area contributed by atoms with Gasteiger partial charge in [0.1, 0.15) is 0 Å². The lowest BCUT2D eigenvalue weighted by molar-refractivity contribution is -0.0275. The van der Waals surface area contributed by atoms with Crippen molar-refractivity contribution in [3.63, 3.8) is 0 Å². The van der Waals surface area contributed by atoms with Gasteiger partial charge in [0.05, 0.1) is 6.61 Å². The molecule has 0 amide bonds. The van der Waals surface area contributed by atoms with Crippen LogP contribution in [0.15, 0.2) is 30.3 Å². The van der Waals surface area contributed by atoms with Crippen LogP contribution in [-0.4, -0.2) is 19.2 Å². The number of rotatable bonds is 1. The van der Waals surface area contributed by atoms with E-state index in [9.17, 15) is 0 Å². The lowest BCUT2D eigenvalue weighted by atomic mass is 10.0. The quantitative estimate of drug-likeness (QED) is 0.688.